The number of piperidine rings is 2. The van der Waals surface area contributed by atoms with Gasteiger partial charge in [-0.2, -0.15) is 0 Å². The third-order valence-corrected chi connectivity index (χ3v) is 4.61. The van der Waals surface area contributed by atoms with Gasteiger partial charge in [0.05, 0.1) is 0 Å². The van der Waals surface area contributed by atoms with Crippen LogP contribution >= 0.6 is 0 Å². The van der Waals surface area contributed by atoms with Crippen LogP contribution in [0, 0.1) is 0 Å². The second kappa shape index (κ2) is 5.92. The quantitative estimate of drug-likeness (QED) is 0.740. The fourth-order valence-corrected chi connectivity index (χ4v) is 3.25. The number of likely N-dealkylation sites (tertiary alicyclic amines) is 2. The molecule has 2 heterocycles. The molecule has 1 amide bonds. The molecule has 0 aromatic rings. The lowest BCUT2D eigenvalue weighted by Gasteiger charge is -2.48. The average molecular weight is 282 g/mol. The smallest absolute Gasteiger partial charge is 0.410 e. The second-order valence-electron chi connectivity index (χ2n) is 7.51. The normalized spacial score (nSPS) is 24.5. The number of nitrogens with zero attached hydrogens (tertiary/aromatic N) is 2. The topological polar surface area (TPSA) is 32.8 Å². The van der Waals surface area contributed by atoms with E-state index in [0.29, 0.717) is 0 Å². The van der Waals surface area contributed by atoms with Crippen molar-refractivity contribution >= 4 is 6.09 Å². The predicted octanol–water partition coefficient (Wildman–Crippen LogP) is 3.26. The van der Waals surface area contributed by atoms with Gasteiger partial charge in [0.2, 0.25) is 0 Å². The number of hydrogen-bond acceptors (Lipinski definition) is 3. The Morgan fingerprint density at radius 3 is 2.05 bits per heavy atom. The van der Waals surface area contributed by atoms with E-state index in [1.807, 2.05) is 25.7 Å². The van der Waals surface area contributed by atoms with E-state index in [4.69, 9.17) is 4.74 Å². The van der Waals surface area contributed by atoms with Gasteiger partial charge in [-0.1, -0.05) is 6.42 Å². The van der Waals surface area contributed by atoms with Gasteiger partial charge in [-0.15, -0.1) is 0 Å². The molecule has 116 valence electrons. The molecular formula is C16H30N2O2. The summed E-state index contributed by atoms with van der Waals surface area (Å²) in [6, 6.07) is 0. The van der Waals surface area contributed by atoms with E-state index < -0.39 is 5.60 Å². The Hall–Kier alpha value is -0.770. The molecule has 0 aliphatic carbocycles. The maximum atomic E-state index is 12.1. The molecular weight excluding hydrogens is 252 g/mol. The van der Waals surface area contributed by atoms with Crippen LogP contribution < -0.4 is 0 Å². The minimum Gasteiger partial charge on any atom is -0.444 e. The third kappa shape index (κ3) is 3.87. The van der Waals surface area contributed by atoms with Crippen molar-refractivity contribution in [2.75, 3.05) is 26.2 Å². The number of hydrogen-bond donors (Lipinski definition) is 0. The lowest BCUT2D eigenvalue weighted by Crippen LogP contribution is -2.56. The molecule has 0 saturated carbocycles. The van der Waals surface area contributed by atoms with Gasteiger partial charge in [0.1, 0.15) is 5.60 Å². The van der Waals surface area contributed by atoms with E-state index in [9.17, 15) is 4.79 Å². The molecule has 0 aromatic carbocycles. The van der Waals surface area contributed by atoms with Crippen molar-refractivity contribution in [3.8, 4) is 0 Å². The van der Waals surface area contributed by atoms with Crippen molar-refractivity contribution in [3.05, 3.63) is 0 Å². The van der Waals surface area contributed by atoms with Gasteiger partial charge in [-0.05, 0) is 66.5 Å². The van der Waals surface area contributed by atoms with Crippen LogP contribution in [0.25, 0.3) is 0 Å². The Morgan fingerprint density at radius 1 is 1.00 bits per heavy atom. The summed E-state index contributed by atoms with van der Waals surface area (Å²) in [7, 11) is 0. The summed E-state index contributed by atoms with van der Waals surface area (Å²) in [5.74, 6) is 0. The number of carbonyl (C=O) groups excluding carboxylic acids is 1. The van der Waals surface area contributed by atoms with E-state index in [-0.39, 0.29) is 11.6 Å². The first kappa shape index (κ1) is 15.6. The number of amides is 1. The van der Waals surface area contributed by atoms with Crippen LogP contribution in [-0.4, -0.2) is 53.2 Å². The van der Waals surface area contributed by atoms with Crippen molar-refractivity contribution in [1.29, 1.82) is 0 Å². The number of rotatable bonds is 1. The van der Waals surface area contributed by atoms with E-state index >= 15 is 0 Å². The SMILES string of the molecule is CC(C)(C)OC(=O)N1CCC(C)(N2CCCCC2)CC1. The lowest BCUT2D eigenvalue weighted by atomic mass is 9.86. The van der Waals surface area contributed by atoms with Crippen molar-refractivity contribution in [2.24, 2.45) is 0 Å². The molecule has 0 N–H and O–H groups in total. The summed E-state index contributed by atoms with van der Waals surface area (Å²) in [6.45, 7) is 12.2. The first-order chi connectivity index (χ1) is 9.30. The zero-order chi connectivity index (χ0) is 14.8. The molecule has 0 unspecified atom stereocenters. The highest BCUT2D eigenvalue weighted by Crippen LogP contribution is 2.31. The van der Waals surface area contributed by atoms with Gasteiger partial charge >= 0.3 is 6.09 Å². The molecule has 20 heavy (non-hydrogen) atoms. The Labute approximate surface area is 123 Å². The Morgan fingerprint density at radius 2 is 1.55 bits per heavy atom. The van der Waals surface area contributed by atoms with Crippen molar-refractivity contribution in [3.63, 3.8) is 0 Å². The molecule has 2 aliphatic rings. The van der Waals surface area contributed by atoms with E-state index in [0.717, 1.165) is 25.9 Å². The zero-order valence-corrected chi connectivity index (χ0v) is 13.6. The summed E-state index contributed by atoms with van der Waals surface area (Å²) in [5.41, 5.74) is -0.121. The monoisotopic (exact) mass is 282 g/mol. The molecule has 4 nitrogen and oxygen atoms in total. The van der Waals surface area contributed by atoms with Crippen LogP contribution in [0.5, 0.6) is 0 Å². The van der Waals surface area contributed by atoms with Gasteiger partial charge in [0, 0.05) is 18.6 Å². The first-order valence-corrected chi connectivity index (χ1v) is 8.03. The van der Waals surface area contributed by atoms with Crippen molar-refractivity contribution in [2.45, 2.75) is 70.9 Å². The van der Waals surface area contributed by atoms with Crippen LogP contribution in [0.15, 0.2) is 0 Å². The molecule has 0 bridgehead atoms. The molecule has 2 aliphatic heterocycles. The lowest BCUT2D eigenvalue weighted by molar-refractivity contribution is -0.00632. The van der Waals surface area contributed by atoms with Gasteiger partial charge in [-0.25, -0.2) is 4.79 Å². The summed E-state index contributed by atoms with van der Waals surface area (Å²) >= 11 is 0. The highest BCUT2D eigenvalue weighted by atomic mass is 16.6. The third-order valence-electron chi connectivity index (χ3n) is 4.61. The van der Waals surface area contributed by atoms with Gasteiger partial charge in [0.25, 0.3) is 0 Å². The van der Waals surface area contributed by atoms with E-state index in [1.165, 1.54) is 32.4 Å². The maximum Gasteiger partial charge on any atom is 0.410 e. The van der Waals surface area contributed by atoms with Crippen molar-refractivity contribution < 1.29 is 9.53 Å². The maximum absolute atomic E-state index is 12.1. The van der Waals surface area contributed by atoms with Crippen LogP contribution in [0.2, 0.25) is 0 Å². The summed E-state index contributed by atoms with van der Waals surface area (Å²) in [4.78, 5) is 16.6. The molecule has 2 rings (SSSR count). The molecule has 0 atom stereocenters. The molecule has 0 radical (unpaired) electrons. The fraction of sp³-hybridized carbons (Fsp3) is 0.938. The summed E-state index contributed by atoms with van der Waals surface area (Å²) in [6.07, 6.45) is 5.99. The van der Waals surface area contributed by atoms with Crippen molar-refractivity contribution in [1.82, 2.24) is 9.80 Å². The molecule has 2 fully saturated rings. The minimum atomic E-state index is -0.398. The summed E-state index contributed by atoms with van der Waals surface area (Å²) in [5, 5.41) is 0. The fourth-order valence-electron chi connectivity index (χ4n) is 3.25. The van der Waals surface area contributed by atoms with Gasteiger partial charge in [0.15, 0.2) is 0 Å². The second-order valence-corrected chi connectivity index (χ2v) is 7.51. The highest BCUT2D eigenvalue weighted by molar-refractivity contribution is 5.68. The average Bonchev–Trinajstić information content (AvgIpc) is 2.38. The first-order valence-electron chi connectivity index (χ1n) is 8.03. The highest BCUT2D eigenvalue weighted by Gasteiger charge is 2.38. The number of ether oxygens (including phenoxy) is 1. The Kier molecular flexibility index (Phi) is 4.62. The minimum absolute atomic E-state index is 0.154. The largest absolute Gasteiger partial charge is 0.444 e. The molecule has 0 spiro atoms. The van der Waals surface area contributed by atoms with Gasteiger partial charge < -0.3 is 9.64 Å². The molecule has 0 aromatic heterocycles. The van der Waals surface area contributed by atoms with Crippen LogP contribution in [0.3, 0.4) is 0 Å². The van der Waals surface area contributed by atoms with E-state index in [2.05, 4.69) is 11.8 Å². The van der Waals surface area contributed by atoms with Gasteiger partial charge in [-0.3, -0.25) is 4.90 Å². The summed E-state index contributed by atoms with van der Waals surface area (Å²) < 4.78 is 5.46. The van der Waals surface area contributed by atoms with E-state index in [1.54, 1.807) is 0 Å². The Bertz CT molecular complexity index is 335. The van der Waals surface area contributed by atoms with Crippen LogP contribution in [-0.2, 0) is 4.74 Å². The number of carbonyl (C=O) groups is 1. The van der Waals surface area contributed by atoms with Crippen LogP contribution in [0.1, 0.15) is 59.8 Å². The standard InChI is InChI=1S/C16H30N2O2/c1-15(2,3)20-14(19)17-12-8-16(4,9-13-17)18-10-6-5-7-11-18/h5-13H2,1-4H3. The molecule has 2 saturated heterocycles. The molecule has 4 heteroatoms. The van der Waals surface area contributed by atoms with Crippen LogP contribution in [0.4, 0.5) is 4.79 Å². The zero-order valence-electron chi connectivity index (χ0n) is 13.6. The predicted molar refractivity (Wildman–Crippen MR) is 80.9 cm³/mol. The Balaban J connectivity index is 1.86.